The van der Waals surface area contributed by atoms with Crippen molar-refractivity contribution < 1.29 is 0 Å². The molecule has 0 amide bonds. The summed E-state index contributed by atoms with van der Waals surface area (Å²) in [5, 5.41) is 0.923. The van der Waals surface area contributed by atoms with Crippen LogP contribution in [-0.4, -0.2) is 16.8 Å². The molecule has 2 radical (unpaired) electrons. The average Bonchev–Trinajstić information content (AvgIpc) is 2.21. The van der Waals surface area contributed by atoms with Gasteiger partial charge in [-0.2, -0.15) is 23.5 Å². The lowest BCUT2D eigenvalue weighted by molar-refractivity contribution is 0.492. The van der Waals surface area contributed by atoms with Crippen molar-refractivity contribution in [3.63, 3.8) is 0 Å². The lowest BCUT2D eigenvalue weighted by Crippen LogP contribution is -2.22. The number of rotatable bonds is 1. The Labute approximate surface area is 84.3 Å². The predicted octanol–water partition coefficient (Wildman–Crippen LogP) is 3.45. The van der Waals surface area contributed by atoms with Crippen molar-refractivity contribution in [2.24, 2.45) is 5.92 Å². The molecule has 2 saturated heterocycles. The zero-order chi connectivity index (χ0) is 8.23. The second kappa shape index (κ2) is 4.80. The van der Waals surface area contributed by atoms with Gasteiger partial charge in [0.2, 0.25) is 0 Å². The van der Waals surface area contributed by atoms with Crippen LogP contribution in [0.1, 0.15) is 32.1 Å². The van der Waals surface area contributed by atoms with Gasteiger partial charge in [-0.25, -0.2) is 0 Å². The summed E-state index contributed by atoms with van der Waals surface area (Å²) in [6.45, 7) is 0. The maximum Gasteiger partial charge on any atom is 0.0526 e. The van der Waals surface area contributed by atoms with E-state index in [2.05, 4.69) is 17.5 Å². The fraction of sp³-hybridized carbons (Fsp3) is 0.900. The maximum absolute atomic E-state index is 3.58. The molecule has 0 aliphatic carbocycles. The molecule has 0 aromatic rings. The first-order valence-electron chi connectivity index (χ1n) is 4.96. The molecule has 68 valence electrons. The van der Waals surface area contributed by atoms with Gasteiger partial charge in [0.1, 0.15) is 0 Å². The van der Waals surface area contributed by atoms with Crippen LogP contribution in [0.3, 0.4) is 0 Å². The SMILES string of the molecule is [C]1SCCCC1C1CCCCS1. The standard InChI is InChI=1S/C10H16S2/c1-2-7-12-10(5-1)9-4-3-6-11-8-9/h9-10H,1-7H2. The molecule has 0 aromatic heterocycles. The number of hydrogen-bond acceptors (Lipinski definition) is 2. The van der Waals surface area contributed by atoms with Crippen LogP contribution in [-0.2, 0) is 0 Å². The monoisotopic (exact) mass is 200 g/mol. The molecule has 2 rings (SSSR count). The van der Waals surface area contributed by atoms with E-state index in [1.165, 1.54) is 43.6 Å². The van der Waals surface area contributed by atoms with Gasteiger partial charge in [-0.1, -0.05) is 6.42 Å². The lowest BCUT2D eigenvalue weighted by Gasteiger charge is -2.31. The van der Waals surface area contributed by atoms with E-state index >= 15 is 0 Å². The largest absolute Gasteiger partial charge is 0.158 e. The molecule has 0 saturated carbocycles. The summed E-state index contributed by atoms with van der Waals surface area (Å²) in [5.74, 6) is 7.11. The van der Waals surface area contributed by atoms with Crippen LogP contribution in [0.4, 0.5) is 0 Å². The maximum atomic E-state index is 3.58. The molecule has 2 fully saturated rings. The minimum Gasteiger partial charge on any atom is -0.158 e. The van der Waals surface area contributed by atoms with Gasteiger partial charge < -0.3 is 0 Å². The van der Waals surface area contributed by atoms with Crippen LogP contribution in [0.15, 0.2) is 0 Å². The van der Waals surface area contributed by atoms with Crippen molar-refractivity contribution in [3.8, 4) is 0 Å². The molecule has 0 N–H and O–H groups in total. The summed E-state index contributed by atoms with van der Waals surface area (Å²) in [4.78, 5) is 0. The van der Waals surface area contributed by atoms with Gasteiger partial charge in [0.15, 0.2) is 0 Å². The first-order valence-corrected chi connectivity index (χ1v) is 6.99. The molecule has 2 unspecified atom stereocenters. The Balaban J connectivity index is 1.80. The highest BCUT2D eigenvalue weighted by Gasteiger charge is 2.26. The topological polar surface area (TPSA) is 0 Å². The van der Waals surface area contributed by atoms with E-state index in [-0.39, 0.29) is 0 Å². The van der Waals surface area contributed by atoms with E-state index in [1.807, 2.05) is 11.8 Å². The van der Waals surface area contributed by atoms with Gasteiger partial charge >= 0.3 is 0 Å². The molecule has 0 nitrogen and oxygen atoms in total. The molecule has 12 heavy (non-hydrogen) atoms. The third-order valence-corrected chi connectivity index (χ3v) is 5.14. The van der Waals surface area contributed by atoms with Crippen LogP contribution in [0, 0.1) is 11.7 Å². The van der Waals surface area contributed by atoms with Crippen molar-refractivity contribution in [1.29, 1.82) is 0 Å². The Kier molecular flexibility index (Phi) is 3.71. The van der Waals surface area contributed by atoms with Crippen molar-refractivity contribution in [2.75, 3.05) is 11.5 Å². The molecular formula is C10H16S2. The molecule has 2 atom stereocenters. The van der Waals surface area contributed by atoms with Crippen LogP contribution in [0.5, 0.6) is 0 Å². The van der Waals surface area contributed by atoms with Crippen LogP contribution < -0.4 is 0 Å². The summed E-state index contributed by atoms with van der Waals surface area (Å²) in [6, 6.07) is 0. The molecule has 2 aliphatic heterocycles. The summed E-state index contributed by atoms with van der Waals surface area (Å²) < 4.78 is 0. The average molecular weight is 200 g/mol. The van der Waals surface area contributed by atoms with Gasteiger partial charge in [0.05, 0.1) is 5.75 Å². The Hall–Kier alpha value is 0.700. The quantitative estimate of drug-likeness (QED) is 0.636. The normalized spacial score (nSPS) is 38.0. The number of hydrogen-bond donors (Lipinski definition) is 0. The molecular weight excluding hydrogens is 184 g/mol. The molecule has 2 heteroatoms. The van der Waals surface area contributed by atoms with E-state index in [0.717, 1.165) is 11.2 Å². The van der Waals surface area contributed by atoms with E-state index in [1.54, 1.807) is 0 Å². The van der Waals surface area contributed by atoms with Crippen LogP contribution in [0.25, 0.3) is 0 Å². The lowest BCUT2D eigenvalue weighted by atomic mass is 9.97. The minimum absolute atomic E-state index is 0.814. The van der Waals surface area contributed by atoms with Gasteiger partial charge in [0.25, 0.3) is 0 Å². The third-order valence-electron chi connectivity index (χ3n) is 2.66. The Morgan fingerprint density at radius 3 is 2.67 bits per heavy atom. The van der Waals surface area contributed by atoms with E-state index < -0.39 is 0 Å². The van der Waals surface area contributed by atoms with Gasteiger partial charge in [-0.3, -0.25) is 0 Å². The summed E-state index contributed by atoms with van der Waals surface area (Å²) in [6.07, 6.45) is 7.18. The molecule has 2 aliphatic rings. The second-order valence-corrected chi connectivity index (χ2v) is 5.90. The summed E-state index contributed by atoms with van der Waals surface area (Å²) in [7, 11) is 0. The summed E-state index contributed by atoms with van der Waals surface area (Å²) >= 11 is 4.13. The molecule has 0 bridgehead atoms. The van der Waals surface area contributed by atoms with Crippen molar-refractivity contribution in [2.45, 2.75) is 37.4 Å². The van der Waals surface area contributed by atoms with Crippen molar-refractivity contribution in [3.05, 3.63) is 5.75 Å². The fourth-order valence-corrected chi connectivity index (χ4v) is 4.40. The third kappa shape index (κ3) is 2.35. The van der Waals surface area contributed by atoms with Gasteiger partial charge in [-0.05, 0) is 43.1 Å². The van der Waals surface area contributed by atoms with Gasteiger partial charge in [0, 0.05) is 5.25 Å². The van der Waals surface area contributed by atoms with E-state index in [4.69, 9.17) is 0 Å². The fourth-order valence-electron chi connectivity index (χ4n) is 1.95. The second-order valence-electron chi connectivity index (χ2n) is 3.62. The molecule has 0 aromatic carbocycles. The summed E-state index contributed by atoms with van der Waals surface area (Å²) in [5.41, 5.74) is 0. The van der Waals surface area contributed by atoms with Crippen LogP contribution in [0.2, 0.25) is 0 Å². The van der Waals surface area contributed by atoms with E-state index in [0.29, 0.717) is 0 Å². The highest BCUT2D eigenvalue weighted by molar-refractivity contribution is 8.01. The first-order chi connectivity index (χ1) is 5.97. The van der Waals surface area contributed by atoms with Crippen molar-refractivity contribution in [1.82, 2.24) is 0 Å². The smallest absolute Gasteiger partial charge is 0.0526 e. The Bertz CT molecular complexity index is 108. The number of thioether (sulfide) groups is 2. The predicted molar refractivity (Wildman–Crippen MR) is 58.5 cm³/mol. The molecule has 2 heterocycles. The highest BCUT2D eigenvalue weighted by atomic mass is 32.2. The first kappa shape index (κ1) is 9.26. The van der Waals surface area contributed by atoms with E-state index in [9.17, 15) is 0 Å². The van der Waals surface area contributed by atoms with Gasteiger partial charge in [-0.15, -0.1) is 0 Å². The Morgan fingerprint density at radius 1 is 1.00 bits per heavy atom. The zero-order valence-corrected chi connectivity index (χ0v) is 9.05. The Morgan fingerprint density at radius 2 is 2.00 bits per heavy atom. The van der Waals surface area contributed by atoms with Crippen LogP contribution >= 0.6 is 23.5 Å². The molecule has 0 spiro atoms. The highest BCUT2D eigenvalue weighted by Crippen LogP contribution is 2.39. The zero-order valence-electron chi connectivity index (χ0n) is 7.42. The van der Waals surface area contributed by atoms with Crippen molar-refractivity contribution >= 4 is 23.5 Å². The minimum atomic E-state index is 0.814.